The first kappa shape index (κ1) is 8.69. The number of benzene rings is 1. The first-order valence-electron chi connectivity index (χ1n) is 4.31. The van der Waals surface area contributed by atoms with E-state index in [0.29, 0.717) is 5.36 Å². The zero-order valence-corrected chi connectivity index (χ0v) is 7.51. The standard InChI is InChI=1S/C11H9NO2/c13-11-8-14-7-3-5-9-4-1-2-6-10(9)12-11/h1-7H,8H2/b7-3-,9-5-,12-10?. The smallest absolute Gasteiger partial charge is 0.284 e. The number of nitrogens with zero attached hydrogens (tertiary/aromatic N) is 1. The number of allylic oxidation sites excluding steroid dienone is 1. The van der Waals surface area contributed by atoms with Crippen molar-refractivity contribution in [1.82, 2.24) is 0 Å². The number of ether oxygens (including phenoxy) is 1. The largest absolute Gasteiger partial charge is 0.491 e. The van der Waals surface area contributed by atoms with E-state index >= 15 is 0 Å². The van der Waals surface area contributed by atoms with Crippen LogP contribution in [0.25, 0.3) is 6.08 Å². The topological polar surface area (TPSA) is 38.7 Å². The number of carbonyl (C=O) groups excluding carboxylic acids is 1. The SMILES string of the molecule is O=C1CO/C=C\C=c2\ccccc2=N1. The molecule has 1 aromatic carbocycles. The summed E-state index contributed by atoms with van der Waals surface area (Å²) in [5.74, 6) is -0.266. The lowest BCUT2D eigenvalue weighted by Gasteiger charge is -1.92. The van der Waals surface area contributed by atoms with Crippen molar-refractivity contribution in [2.45, 2.75) is 0 Å². The monoisotopic (exact) mass is 187 g/mol. The van der Waals surface area contributed by atoms with Crippen molar-refractivity contribution in [3.8, 4) is 0 Å². The van der Waals surface area contributed by atoms with Gasteiger partial charge in [-0.2, -0.15) is 0 Å². The molecule has 0 spiro atoms. The zero-order chi connectivity index (χ0) is 9.80. The Labute approximate surface area is 81.0 Å². The van der Waals surface area contributed by atoms with Crippen LogP contribution in [-0.2, 0) is 9.53 Å². The van der Waals surface area contributed by atoms with Crippen LogP contribution in [0.5, 0.6) is 0 Å². The molecule has 0 saturated carbocycles. The van der Waals surface area contributed by atoms with Crippen molar-refractivity contribution in [3.63, 3.8) is 0 Å². The van der Waals surface area contributed by atoms with E-state index in [1.807, 2.05) is 30.3 Å². The number of amides is 1. The third kappa shape index (κ3) is 1.88. The molecule has 1 heterocycles. The zero-order valence-electron chi connectivity index (χ0n) is 7.51. The van der Waals surface area contributed by atoms with Crippen molar-refractivity contribution in [1.29, 1.82) is 0 Å². The molecule has 2 rings (SSSR count). The lowest BCUT2D eigenvalue weighted by atomic mass is 10.2. The van der Waals surface area contributed by atoms with Gasteiger partial charge >= 0.3 is 0 Å². The molecule has 1 aromatic rings. The minimum Gasteiger partial charge on any atom is -0.491 e. The van der Waals surface area contributed by atoms with Gasteiger partial charge < -0.3 is 4.74 Å². The molecule has 1 aliphatic heterocycles. The highest BCUT2D eigenvalue weighted by Crippen LogP contribution is 1.84. The van der Waals surface area contributed by atoms with E-state index in [9.17, 15) is 4.79 Å². The van der Waals surface area contributed by atoms with Crippen LogP contribution >= 0.6 is 0 Å². The molecule has 0 atom stereocenters. The Balaban J connectivity index is 2.68. The van der Waals surface area contributed by atoms with Crippen LogP contribution in [0, 0.1) is 0 Å². The number of para-hydroxylation sites is 1. The summed E-state index contributed by atoms with van der Waals surface area (Å²) in [5, 5.41) is 1.61. The highest BCUT2D eigenvalue weighted by Gasteiger charge is 1.98. The minimum absolute atomic E-state index is 0.00132. The normalized spacial score (nSPS) is 19.7. The molecule has 0 fully saturated rings. The quantitative estimate of drug-likeness (QED) is 0.580. The third-order valence-corrected chi connectivity index (χ3v) is 1.84. The molecule has 1 aliphatic rings. The molecule has 0 aromatic heterocycles. The van der Waals surface area contributed by atoms with E-state index in [-0.39, 0.29) is 12.5 Å². The Morgan fingerprint density at radius 3 is 3.07 bits per heavy atom. The predicted octanol–water partition coefficient (Wildman–Crippen LogP) is 0.157. The van der Waals surface area contributed by atoms with Gasteiger partial charge in [0.15, 0.2) is 6.61 Å². The molecular formula is C11H9NO2. The Kier molecular flexibility index (Phi) is 2.40. The van der Waals surface area contributed by atoms with Crippen molar-refractivity contribution in [2.75, 3.05) is 6.61 Å². The van der Waals surface area contributed by atoms with Gasteiger partial charge in [-0.05, 0) is 18.2 Å². The maximum atomic E-state index is 11.2. The summed E-state index contributed by atoms with van der Waals surface area (Å²) >= 11 is 0. The first-order valence-corrected chi connectivity index (χ1v) is 4.31. The molecule has 0 saturated heterocycles. The number of fused-ring (bicyclic) bond motifs is 1. The third-order valence-electron chi connectivity index (χ3n) is 1.84. The Morgan fingerprint density at radius 1 is 1.29 bits per heavy atom. The number of hydrogen-bond acceptors (Lipinski definition) is 2. The number of hydrogen-bond donors (Lipinski definition) is 0. The van der Waals surface area contributed by atoms with Crippen LogP contribution in [0.1, 0.15) is 0 Å². The van der Waals surface area contributed by atoms with Crippen LogP contribution < -0.4 is 10.6 Å². The molecular weight excluding hydrogens is 178 g/mol. The number of rotatable bonds is 0. The lowest BCUT2D eigenvalue weighted by molar-refractivity contribution is -0.120. The van der Waals surface area contributed by atoms with Crippen LogP contribution in [0.15, 0.2) is 41.6 Å². The Bertz CT molecular complexity index is 488. The molecule has 0 unspecified atom stereocenters. The van der Waals surface area contributed by atoms with Gasteiger partial charge in [-0.3, -0.25) is 4.79 Å². The first-order chi connectivity index (χ1) is 6.86. The van der Waals surface area contributed by atoms with Crippen molar-refractivity contribution in [3.05, 3.63) is 47.2 Å². The summed E-state index contributed by atoms with van der Waals surface area (Å²) in [6, 6.07) is 7.47. The molecule has 70 valence electrons. The van der Waals surface area contributed by atoms with Gasteiger partial charge in [-0.25, -0.2) is 4.99 Å². The van der Waals surface area contributed by atoms with Gasteiger partial charge in [0.05, 0.1) is 11.6 Å². The van der Waals surface area contributed by atoms with Crippen molar-refractivity contribution >= 4 is 12.0 Å². The van der Waals surface area contributed by atoms with E-state index in [1.54, 1.807) is 6.08 Å². The van der Waals surface area contributed by atoms with E-state index in [1.165, 1.54) is 6.26 Å². The summed E-state index contributed by atoms with van der Waals surface area (Å²) < 4.78 is 4.94. The second-order valence-corrected chi connectivity index (χ2v) is 2.87. The van der Waals surface area contributed by atoms with Gasteiger partial charge in [-0.15, -0.1) is 0 Å². The maximum absolute atomic E-state index is 11.2. The van der Waals surface area contributed by atoms with Crippen LogP contribution in [0.4, 0.5) is 0 Å². The molecule has 3 nitrogen and oxygen atoms in total. The lowest BCUT2D eigenvalue weighted by Crippen LogP contribution is -2.25. The predicted molar refractivity (Wildman–Crippen MR) is 51.8 cm³/mol. The van der Waals surface area contributed by atoms with E-state index in [0.717, 1.165) is 5.22 Å². The molecule has 14 heavy (non-hydrogen) atoms. The van der Waals surface area contributed by atoms with Crippen molar-refractivity contribution < 1.29 is 9.53 Å². The minimum atomic E-state index is -0.266. The summed E-state index contributed by atoms with van der Waals surface area (Å²) in [5.41, 5.74) is 0. The summed E-state index contributed by atoms with van der Waals surface area (Å²) in [6.07, 6.45) is 5.11. The molecule has 0 radical (unpaired) electrons. The summed E-state index contributed by atoms with van der Waals surface area (Å²) in [4.78, 5) is 15.1. The fourth-order valence-corrected chi connectivity index (χ4v) is 1.21. The Hall–Kier alpha value is -1.90. The average Bonchev–Trinajstić information content (AvgIpc) is 2.27. The van der Waals surface area contributed by atoms with E-state index < -0.39 is 0 Å². The molecule has 0 aliphatic carbocycles. The second-order valence-electron chi connectivity index (χ2n) is 2.87. The average molecular weight is 187 g/mol. The van der Waals surface area contributed by atoms with Crippen LogP contribution in [0.3, 0.4) is 0 Å². The van der Waals surface area contributed by atoms with Crippen LogP contribution in [-0.4, -0.2) is 12.5 Å². The summed E-state index contributed by atoms with van der Waals surface area (Å²) in [7, 11) is 0. The van der Waals surface area contributed by atoms with Crippen LogP contribution in [0.2, 0.25) is 0 Å². The molecule has 1 amide bonds. The van der Waals surface area contributed by atoms with Gasteiger partial charge in [0.2, 0.25) is 0 Å². The molecule has 3 heteroatoms. The fraction of sp³-hybridized carbons (Fsp3) is 0.0909. The molecule has 0 bridgehead atoms. The highest BCUT2D eigenvalue weighted by molar-refractivity contribution is 5.78. The Morgan fingerprint density at radius 2 is 2.14 bits per heavy atom. The molecule has 0 N–H and O–H groups in total. The van der Waals surface area contributed by atoms with Gasteiger partial charge in [0.1, 0.15) is 0 Å². The van der Waals surface area contributed by atoms with Gasteiger partial charge in [0.25, 0.3) is 5.91 Å². The highest BCUT2D eigenvalue weighted by atomic mass is 16.5. The van der Waals surface area contributed by atoms with E-state index in [2.05, 4.69) is 4.99 Å². The van der Waals surface area contributed by atoms with Crippen molar-refractivity contribution in [2.24, 2.45) is 4.99 Å². The second kappa shape index (κ2) is 3.87. The van der Waals surface area contributed by atoms with Gasteiger partial charge in [-0.1, -0.05) is 18.2 Å². The number of carbonyl (C=O) groups is 1. The van der Waals surface area contributed by atoms with E-state index in [4.69, 9.17) is 4.74 Å². The summed E-state index contributed by atoms with van der Waals surface area (Å²) in [6.45, 7) is -0.00132. The maximum Gasteiger partial charge on any atom is 0.284 e. The van der Waals surface area contributed by atoms with Gasteiger partial charge in [0, 0.05) is 5.22 Å². The fourth-order valence-electron chi connectivity index (χ4n) is 1.21.